The van der Waals surface area contributed by atoms with E-state index in [1.54, 1.807) is 29.1 Å². The number of aromatic nitrogens is 1. The van der Waals surface area contributed by atoms with Crippen LogP contribution in [0.15, 0.2) is 51.6 Å². The molecule has 18 heavy (non-hydrogen) atoms. The summed E-state index contributed by atoms with van der Waals surface area (Å²) in [5.74, 6) is -1.50. The minimum absolute atomic E-state index is 0.167. The molecule has 0 aliphatic rings. The third-order valence-corrected chi connectivity index (χ3v) is 3.17. The van der Waals surface area contributed by atoms with Gasteiger partial charge in [-0.3, -0.25) is 0 Å². The van der Waals surface area contributed by atoms with Crippen LogP contribution in [0.25, 0.3) is 16.7 Å². The number of fused-ring (bicyclic) bond motifs is 1. The Bertz CT molecular complexity index is 728. The van der Waals surface area contributed by atoms with E-state index in [9.17, 15) is 9.90 Å². The standard InChI is InChI=1S/C13H8BrNO3/c14-8-3-4-10-9(7-8)11(12(18-10)13(16)17)15-5-1-2-6-15/h1-7H,(H,16,17)/p-1. The first-order chi connectivity index (χ1) is 8.66. The van der Waals surface area contributed by atoms with Crippen LogP contribution in [0.1, 0.15) is 10.6 Å². The zero-order chi connectivity index (χ0) is 12.7. The SMILES string of the molecule is O=C([O-])c1oc2ccc(Br)cc2c1-n1cccc1. The van der Waals surface area contributed by atoms with Crippen LogP contribution in [-0.2, 0) is 0 Å². The number of carbonyl (C=O) groups excluding carboxylic acids is 1. The van der Waals surface area contributed by atoms with Gasteiger partial charge in [0.25, 0.3) is 0 Å². The van der Waals surface area contributed by atoms with Crippen molar-refractivity contribution in [3.8, 4) is 5.69 Å². The summed E-state index contributed by atoms with van der Waals surface area (Å²) in [6.07, 6.45) is 3.52. The molecule has 0 saturated heterocycles. The minimum atomic E-state index is -1.33. The van der Waals surface area contributed by atoms with Gasteiger partial charge in [-0.25, -0.2) is 0 Å². The lowest BCUT2D eigenvalue weighted by Gasteiger charge is -2.04. The molecule has 0 aliphatic heterocycles. The second-order valence-electron chi connectivity index (χ2n) is 3.80. The predicted molar refractivity (Wildman–Crippen MR) is 67.6 cm³/mol. The Hall–Kier alpha value is -2.01. The summed E-state index contributed by atoms with van der Waals surface area (Å²) < 4.78 is 7.89. The maximum atomic E-state index is 11.1. The van der Waals surface area contributed by atoms with Gasteiger partial charge >= 0.3 is 0 Å². The van der Waals surface area contributed by atoms with Crippen LogP contribution in [0, 0.1) is 0 Å². The average Bonchev–Trinajstić information content (AvgIpc) is 2.93. The van der Waals surface area contributed by atoms with E-state index in [2.05, 4.69) is 15.9 Å². The number of furan rings is 1. The maximum absolute atomic E-state index is 11.1. The number of carboxylic acid groups (broad SMARTS) is 1. The molecule has 0 spiro atoms. The molecule has 0 amide bonds. The van der Waals surface area contributed by atoms with Crippen LogP contribution in [-0.4, -0.2) is 10.5 Å². The van der Waals surface area contributed by atoms with E-state index in [-0.39, 0.29) is 5.76 Å². The summed E-state index contributed by atoms with van der Waals surface area (Å²) in [6.45, 7) is 0. The molecule has 0 atom stereocenters. The highest BCUT2D eigenvalue weighted by Gasteiger charge is 2.16. The number of carboxylic acids is 1. The van der Waals surface area contributed by atoms with E-state index in [0.29, 0.717) is 11.3 Å². The molecule has 0 N–H and O–H groups in total. The van der Waals surface area contributed by atoms with E-state index in [1.165, 1.54) is 0 Å². The lowest BCUT2D eigenvalue weighted by molar-refractivity contribution is -0.256. The zero-order valence-electron chi connectivity index (χ0n) is 9.09. The number of halogens is 1. The largest absolute Gasteiger partial charge is 0.541 e. The van der Waals surface area contributed by atoms with Crippen LogP contribution in [0.2, 0.25) is 0 Å². The molecule has 2 heterocycles. The normalized spacial score (nSPS) is 10.9. The van der Waals surface area contributed by atoms with Crippen molar-refractivity contribution in [2.45, 2.75) is 0 Å². The second kappa shape index (κ2) is 4.03. The van der Waals surface area contributed by atoms with Crippen LogP contribution in [0.4, 0.5) is 0 Å². The summed E-state index contributed by atoms with van der Waals surface area (Å²) in [5, 5.41) is 11.9. The van der Waals surface area contributed by atoms with Gasteiger partial charge in [0, 0.05) is 22.3 Å². The molecule has 0 fully saturated rings. The summed E-state index contributed by atoms with van der Waals surface area (Å²) in [7, 11) is 0. The number of nitrogens with zero attached hydrogens (tertiary/aromatic N) is 1. The van der Waals surface area contributed by atoms with Crippen molar-refractivity contribution in [3.63, 3.8) is 0 Å². The fourth-order valence-corrected chi connectivity index (χ4v) is 2.30. The predicted octanol–water partition coefficient (Wildman–Crippen LogP) is 2.35. The van der Waals surface area contributed by atoms with E-state index >= 15 is 0 Å². The van der Waals surface area contributed by atoms with E-state index in [1.807, 2.05) is 18.2 Å². The molecule has 0 unspecified atom stereocenters. The smallest absolute Gasteiger partial charge is 0.174 e. The van der Waals surface area contributed by atoms with Gasteiger partial charge in [-0.2, -0.15) is 0 Å². The third-order valence-electron chi connectivity index (χ3n) is 2.67. The Balaban J connectivity index is 2.41. The zero-order valence-corrected chi connectivity index (χ0v) is 10.7. The van der Waals surface area contributed by atoms with Crippen molar-refractivity contribution in [3.05, 3.63) is 53.0 Å². The average molecular weight is 305 g/mol. The number of rotatable bonds is 2. The second-order valence-corrected chi connectivity index (χ2v) is 4.71. The lowest BCUT2D eigenvalue weighted by atomic mass is 10.2. The molecule has 3 rings (SSSR count). The summed E-state index contributed by atoms with van der Waals surface area (Å²) >= 11 is 3.36. The Morgan fingerprint density at radius 2 is 2.00 bits per heavy atom. The van der Waals surface area contributed by atoms with Crippen molar-refractivity contribution < 1.29 is 14.3 Å². The van der Waals surface area contributed by atoms with Crippen LogP contribution in [0.5, 0.6) is 0 Å². The molecule has 0 bridgehead atoms. The Labute approximate surface area is 111 Å². The maximum Gasteiger partial charge on any atom is 0.174 e. The molecular formula is C13H7BrNO3-. The van der Waals surface area contributed by atoms with Crippen molar-refractivity contribution >= 4 is 32.9 Å². The first kappa shape index (κ1) is 11.1. The first-order valence-electron chi connectivity index (χ1n) is 5.23. The van der Waals surface area contributed by atoms with Crippen molar-refractivity contribution in [1.29, 1.82) is 0 Å². The molecular weight excluding hydrogens is 298 g/mol. The molecule has 5 heteroatoms. The first-order valence-corrected chi connectivity index (χ1v) is 6.03. The summed E-state index contributed by atoms with van der Waals surface area (Å²) in [6, 6.07) is 8.97. The molecule has 90 valence electrons. The molecule has 1 aromatic carbocycles. The Kier molecular flexibility index (Phi) is 2.48. The highest BCUT2D eigenvalue weighted by atomic mass is 79.9. The van der Waals surface area contributed by atoms with Gasteiger partial charge in [0.1, 0.15) is 17.2 Å². The van der Waals surface area contributed by atoms with Crippen molar-refractivity contribution in [2.75, 3.05) is 0 Å². The van der Waals surface area contributed by atoms with Crippen LogP contribution >= 0.6 is 15.9 Å². The summed E-state index contributed by atoms with van der Waals surface area (Å²) in [4.78, 5) is 11.1. The van der Waals surface area contributed by atoms with Gasteiger partial charge < -0.3 is 18.9 Å². The molecule has 0 aliphatic carbocycles. The van der Waals surface area contributed by atoms with Gasteiger partial charge in [0.2, 0.25) is 0 Å². The van der Waals surface area contributed by atoms with Gasteiger partial charge in [0.05, 0.1) is 0 Å². The molecule has 4 nitrogen and oxygen atoms in total. The van der Waals surface area contributed by atoms with Crippen LogP contribution in [0.3, 0.4) is 0 Å². The lowest BCUT2D eigenvalue weighted by Crippen LogP contribution is -2.23. The number of benzene rings is 1. The Morgan fingerprint density at radius 3 is 2.67 bits per heavy atom. The van der Waals surface area contributed by atoms with Crippen LogP contribution < -0.4 is 5.11 Å². The minimum Gasteiger partial charge on any atom is -0.541 e. The van der Waals surface area contributed by atoms with E-state index in [4.69, 9.17) is 4.42 Å². The topological polar surface area (TPSA) is 58.2 Å². The number of carbonyl (C=O) groups is 1. The highest BCUT2D eigenvalue weighted by Crippen LogP contribution is 2.31. The fourth-order valence-electron chi connectivity index (χ4n) is 1.94. The molecule has 3 aromatic rings. The number of aromatic carboxylic acids is 1. The molecule has 0 saturated carbocycles. The van der Waals surface area contributed by atoms with Gasteiger partial charge in [-0.1, -0.05) is 15.9 Å². The van der Waals surface area contributed by atoms with Gasteiger partial charge in [-0.05, 0) is 30.3 Å². The Morgan fingerprint density at radius 1 is 1.28 bits per heavy atom. The highest BCUT2D eigenvalue weighted by molar-refractivity contribution is 9.10. The third kappa shape index (κ3) is 1.64. The molecule has 0 radical (unpaired) electrons. The van der Waals surface area contributed by atoms with E-state index < -0.39 is 5.97 Å². The fraction of sp³-hybridized carbons (Fsp3) is 0. The van der Waals surface area contributed by atoms with Crippen molar-refractivity contribution in [2.24, 2.45) is 0 Å². The van der Waals surface area contributed by atoms with Gasteiger partial charge in [-0.15, -0.1) is 0 Å². The molecule has 2 aromatic heterocycles. The number of hydrogen-bond acceptors (Lipinski definition) is 3. The van der Waals surface area contributed by atoms with E-state index in [0.717, 1.165) is 9.86 Å². The number of hydrogen-bond donors (Lipinski definition) is 0. The monoisotopic (exact) mass is 304 g/mol. The van der Waals surface area contributed by atoms with Gasteiger partial charge in [0.15, 0.2) is 5.76 Å². The summed E-state index contributed by atoms with van der Waals surface area (Å²) in [5.41, 5.74) is 0.998. The quantitative estimate of drug-likeness (QED) is 0.730. The van der Waals surface area contributed by atoms with Crippen molar-refractivity contribution in [1.82, 2.24) is 4.57 Å².